The molecule has 0 N–H and O–H groups in total. The number of hydrogen-bond donors (Lipinski definition) is 0. The van der Waals surface area contributed by atoms with Gasteiger partial charge in [0.2, 0.25) is 17.7 Å². The van der Waals surface area contributed by atoms with E-state index in [0.29, 0.717) is 28.8 Å². The third kappa shape index (κ3) is 4.60. The summed E-state index contributed by atoms with van der Waals surface area (Å²) < 4.78 is 5.77. The Hall–Kier alpha value is -2.66. The Labute approximate surface area is 170 Å². The smallest absolute Gasteiger partial charge is 0.249 e. The van der Waals surface area contributed by atoms with E-state index in [-0.39, 0.29) is 18.5 Å². The molecule has 0 unspecified atom stereocenters. The fraction of sp³-hybridized carbons (Fsp3) is 0.318. The molecule has 0 radical (unpaired) electrons. The highest BCUT2D eigenvalue weighted by atomic mass is 35.5. The van der Waals surface area contributed by atoms with Crippen LogP contribution in [0, 0.1) is 13.8 Å². The minimum atomic E-state index is 0.00899. The molecular formula is C22H24ClN3O2. The minimum absolute atomic E-state index is 0.00899. The van der Waals surface area contributed by atoms with Crippen molar-refractivity contribution in [3.8, 4) is 11.5 Å². The Kier molecular flexibility index (Phi) is 6.15. The van der Waals surface area contributed by atoms with Crippen LogP contribution in [0.2, 0.25) is 5.02 Å². The maximum atomic E-state index is 12.9. The van der Waals surface area contributed by atoms with E-state index >= 15 is 0 Å². The number of carbonyl (C=O) groups is 1. The second kappa shape index (κ2) is 8.57. The van der Waals surface area contributed by atoms with E-state index < -0.39 is 0 Å². The van der Waals surface area contributed by atoms with E-state index in [1.54, 1.807) is 11.0 Å². The summed E-state index contributed by atoms with van der Waals surface area (Å²) in [7, 11) is 0. The van der Waals surface area contributed by atoms with Crippen molar-refractivity contribution in [2.75, 3.05) is 0 Å². The molecule has 0 saturated carbocycles. The third-order valence-electron chi connectivity index (χ3n) is 4.75. The largest absolute Gasteiger partial charge is 0.419 e. The number of aryl methyl sites for hydroxylation is 2. The fourth-order valence-corrected chi connectivity index (χ4v) is 3.17. The van der Waals surface area contributed by atoms with Crippen LogP contribution in [0.4, 0.5) is 0 Å². The number of nitrogens with zero attached hydrogens (tertiary/aromatic N) is 3. The van der Waals surface area contributed by atoms with Gasteiger partial charge in [-0.3, -0.25) is 4.79 Å². The number of carbonyl (C=O) groups excluding carboxylic acids is 1. The Morgan fingerprint density at radius 3 is 2.54 bits per heavy atom. The van der Waals surface area contributed by atoms with Crippen molar-refractivity contribution in [2.45, 2.75) is 46.7 Å². The second-order valence-corrected chi connectivity index (χ2v) is 7.60. The zero-order valence-electron chi connectivity index (χ0n) is 16.6. The lowest BCUT2D eigenvalue weighted by Crippen LogP contribution is -2.37. The van der Waals surface area contributed by atoms with E-state index in [4.69, 9.17) is 16.0 Å². The summed E-state index contributed by atoms with van der Waals surface area (Å²) in [5.74, 6) is 0.763. The van der Waals surface area contributed by atoms with Gasteiger partial charge in [-0.25, -0.2) is 0 Å². The number of benzene rings is 2. The second-order valence-electron chi connectivity index (χ2n) is 7.19. The van der Waals surface area contributed by atoms with Crippen molar-refractivity contribution in [1.82, 2.24) is 15.1 Å². The summed E-state index contributed by atoms with van der Waals surface area (Å²) >= 11 is 6.20. The highest BCUT2D eigenvalue weighted by Crippen LogP contribution is 2.26. The van der Waals surface area contributed by atoms with Crippen molar-refractivity contribution in [3.63, 3.8) is 0 Å². The van der Waals surface area contributed by atoms with Crippen LogP contribution >= 0.6 is 11.6 Å². The van der Waals surface area contributed by atoms with Gasteiger partial charge in [-0.15, -0.1) is 10.2 Å². The zero-order valence-corrected chi connectivity index (χ0v) is 17.3. The molecule has 5 nitrogen and oxygen atoms in total. The van der Waals surface area contributed by atoms with Crippen molar-refractivity contribution < 1.29 is 9.21 Å². The average Bonchev–Trinajstić information content (AvgIpc) is 3.11. The normalized spacial score (nSPS) is 11.1. The van der Waals surface area contributed by atoms with Crippen LogP contribution in [0.15, 0.2) is 46.9 Å². The first kappa shape index (κ1) is 20.1. The highest BCUT2D eigenvalue weighted by molar-refractivity contribution is 6.33. The molecule has 0 aliphatic carbocycles. The summed E-state index contributed by atoms with van der Waals surface area (Å²) in [5, 5.41) is 8.73. The van der Waals surface area contributed by atoms with Crippen molar-refractivity contribution >= 4 is 17.5 Å². The SMILES string of the molecule is Cc1ccc(CC(=O)N(Cc2nnc(-c3ccccc3Cl)o2)C(C)C)cc1C. The van der Waals surface area contributed by atoms with E-state index in [2.05, 4.69) is 30.1 Å². The molecule has 0 spiro atoms. The first-order chi connectivity index (χ1) is 13.3. The number of hydrogen-bond acceptors (Lipinski definition) is 4. The van der Waals surface area contributed by atoms with Crippen molar-refractivity contribution in [3.05, 3.63) is 70.1 Å². The minimum Gasteiger partial charge on any atom is -0.419 e. The van der Waals surface area contributed by atoms with Gasteiger partial charge in [0.05, 0.1) is 23.6 Å². The lowest BCUT2D eigenvalue weighted by Gasteiger charge is -2.25. The van der Waals surface area contributed by atoms with Crippen LogP contribution in [-0.4, -0.2) is 27.0 Å². The average molecular weight is 398 g/mol. The maximum Gasteiger partial charge on any atom is 0.249 e. The van der Waals surface area contributed by atoms with Gasteiger partial charge in [0.1, 0.15) is 0 Å². The summed E-state index contributed by atoms with van der Waals surface area (Å²) in [6.45, 7) is 8.33. The van der Waals surface area contributed by atoms with E-state index in [1.165, 1.54) is 11.1 Å². The van der Waals surface area contributed by atoms with Gasteiger partial charge in [-0.2, -0.15) is 0 Å². The summed E-state index contributed by atoms with van der Waals surface area (Å²) in [4.78, 5) is 14.6. The molecule has 2 aromatic carbocycles. The molecule has 1 aromatic heterocycles. The van der Waals surface area contributed by atoms with Gasteiger partial charge >= 0.3 is 0 Å². The molecule has 3 rings (SSSR count). The number of aromatic nitrogens is 2. The van der Waals surface area contributed by atoms with E-state index in [1.807, 2.05) is 44.2 Å². The first-order valence-electron chi connectivity index (χ1n) is 9.28. The molecule has 0 atom stereocenters. The van der Waals surface area contributed by atoms with Crippen LogP contribution in [0.3, 0.4) is 0 Å². The quantitative estimate of drug-likeness (QED) is 0.588. The molecule has 0 bridgehead atoms. The molecular weight excluding hydrogens is 374 g/mol. The van der Waals surface area contributed by atoms with Gasteiger partial charge < -0.3 is 9.32 Å². The van der Waals surface area contributed by atoms with Crippen LogP contribution in [-0.2, 0) is 17.8 Å². The summed E-state index contributed by atoms with van der Waals surface area (Å²) in [6, 6.07) is 13.4. The number of amides is 1. The van der Waals surface area contributed by atoms with Crippen LogP contribution < -0.4 is 0 Å². The standard InChI is InChI=1S/C22H24ClN3O2/c1-14(2)26(21(27)12-17-10-9-15(3)16(4)11-17)13-20-24-25-22(28-20)18-7-5-6-8-19(18)23/h5-11,14H,12-13H2,1-4H3. The number of halogens is 1. The topological polar surface area (TPSA) is 59.2 Å². The molecule has 1 heterocycles. The van der Waals surface area contributed by atoms with Gasteiger partial charge in [-0.1, -0.05) is 41.9 Å². The lowest BCUT2D eigenvalue weighted by atomic mass is 10.0. The lowest BCUT2D eigenvalue weighted by molar-refractivity contribution is -0.133. The summed E-state index contributed by atoms with van der Waals surface area (Å²) in [5.41, 5.74) is 4.08. The van der Waals surface area contributed by atoms with Gasteiger partial charge in [0.25, 0.3) is 0 Å². The maximum absolute atomic E-state index is 12.9. The highest BCUT2D eigenvalue weighted by Gasteiger charge is 2.21. The third-order valence-corrected chi connectivity index (χ3v) is 5.08. The molecule has 146 valence electrons. The molecule has 1 amide bonds. The van der Waals surface area contributed by atoms with Gasteiger partial charge in [-0.05, 0) is 56.5 Å². The monoisotopic (exact) mass is 397 g/mol. The van der Waals surface area contributed by atoms with Gasteiger partial charge in [0, 0.05) is 6.04 Å². The Balaban J connectivity index is 1.75. The predicted molar refractivity (Wildman–Crippen MR) is 110 cm³/mol. The molecule has 3 aromatic rings. The predicted octanol–water partition coefficient (Wildman–Crippen LogP) is 4.99. The zero-order chi connectivity index (χ0) is 20.3. The van der Waals surface area contributed by atoms with Gasteiger partial charge in [0.15, 0.2) is 0 Å². The first-order valence-corrected chi connectivity index (χ1v) is 9.66. The molecule has 28 heavy (non-hydrogen) atoms. The molecule has 0 fully saturated rings. The van der Waals surface area contributed by atoms with Crippen LogP contribution in [0.5, 0.6) is 0 Å². The Bertz CT molecular complexity index is 981. The molecule has 0 aliphatic rings. The fourth-order valence-electron chi connectivity index (χ4n) is 2.96. The Morgan fingerprint density at radius 1 is 1.11 bits per heavy atom. The van der Waals surface area contributed by atoms with E-state index in [9.17, 15) is 4.79 Å². The molecule has 6 heteroatoms. The van der Waals surface area contributed by atoms with Crippen LogP contribution in [0.25, 0.3) is 11.5 Å². The Morgan fingerprint density at radius 2 is 1.86 bits per heavy atom. The summed E-state index contributed by atoms with van der Waals surface area (Å²) in [6.07, 6.45) is 0.338. The molecule has 0 aliphatic heterocycles. The van der Waals surface area contributed by atoms with Crippen molar-refractivity contribution in [1.29, 1.82) is 0 Å². The molecule has 0 saturated heterocycles. The number of rotatable bonds is 6. The van der Waals surface area contributed by atoms with Crippen LogP contribution in [0.1, 0.15) is 36.4 Å². The van der Waals surface area contributed by atoms with Crippen molar-refractivity contribution in [2.24, 2.45) is 0 Å². The van der Waals surface area contributed by atoms with E-state index in [0.717, 1.165) is 5.56 Å².